The van der Waals surface area contributed by atoms with E-state index in [0.29, 0.717) is 11.3 Å². The number of hydrogen-bond donors (Lipinski definition) is 1. The third kappa shape index (κ3) is 2.87. The number of aliphatic imine (C=N–C) groups is 1. The first-order valence-electron chi connectivity index (χ1n) is 8.15. The fourth-order valence-corrected chi connectivity index (χ4v) is 3.07. The van der Waals surface area contributed by atoms with Gasteiger partial charge in [-0.25, -0.2) is 8.78 Å². The largest absolute Gasteiger partial charge is 0.313 e. The number of para-hydroxylation sites is 1. The van der Waals surface area contributed by atoms with Crippen molar-refractivity contribution in [3.63, 3.8) is 0 Å². The number of anilines is 2. The van der Waals surface area contributed by atoms with E-state index in [4.69, 9.17) is 0 Å². The standard InChI is InChI=1S/C19H14F4N4/c1-11-9-16(26-25-11)27-17-12(3-2-4-15(17)21)10-24-18(27)19(22,23)13-5-7-14(20)8-6-13/h2-10,18H,1H3,(H,25,26). The second kappa shape index (κ2) is 6.22. The topological polar surface area (TPSA) is 44.3 Å². The summed E-state index contributed by atoms with van der Waals surface area (Å²) in [5.41, 5.74) is 0.525. The highest BCUT2D eigenvalue weighted by atomic mass is 19.3. The molecule has 0 aliphatic carbocycles. The van der Waals surface area contributed by atoms with Crippen LogP contribution in [0.15, 0.2) is 53.5 Å². The molecule has 0 saturated heterocycles. The smallest absolute Gasteiger partial charge is 0.293 e. The molecular formula is C19H14F4N4. The first-order chi connectivity index (χ1) is 12.9. The predicted octanol–water partition coefficient (Wildman–Crippen LogP) is 4.69. The number of H-pyrrole nitrogens is 1. The van der Waals surface area contributed by atoms with Crippen LogP contribution < -0.4 is 4.90 Å². The Labute approximate surface area is 152 Å². The molecule has 0 fully saturated rings. The Bertz CT molecular complexity index is 1010. The monoisotopic (exact) mass is 374 g/mol. The van der Waals surface area contributed by atoms with Gasteiger partial charge in [0.05, 0.1) is 5.69 Å². The Hall–Kier alpha value is -3.16. The van der Waals surface area contributed by atoms with E-state index in [2.05, 4.69) is 15.2 Å². The van der Waals surface area contributed by atoms with Crippen LogP contribution in [0.5, 0.6) is 0 Å². The van der Waals surface area contributed by atoms with Crippen molar-refractivity contribution >= 4 is 17.7 Å². The molecule has 0 spiro atoms. The van der Waals surface area contributed by atoms with E-state index in [0.717, 1.165) is 29.2 Å². The third-order valence-corrected chi connectivity index (χ3v) is 4.35. The van der Waals surface area contributed by atoms with Crippen LogP contribution in [0, 0.1) is 18.6 Å². The SMILES string of the molecule is Cc1cc(N2c3c(F)cccc3C=NC2C(F)(F)c2ccc(F)cc2)n[nH]1. The van der Waals surface area contributed by atoms with Crippen molar-refractivity contribution < 1.29 is 17.6 Å². The van der Waals surface area contributed by atoms with Crippen molar-refractivity contribution in [2.45, 2.75) is 19.0 Å². The third-order valence-electron chi connectivity index (χ3n) is 4.35. The Morgan fingerprint density at radius 1 is 1.07 bits per heavy atom. The number of aromatic amines is 1. The lowest BCUT2D eigenvalue weighted by atomic mass is 10.0. The van der Waals surface area contributed by atoms with Crippen LogP contribution in [0.3, 0.4) is 0 Å². The molecule has 4 nitrogen and oxygen atoms in total. The lowest BCUT2D eigenvalue weighted by Crippen LogP contribution is -2.45. The van der Waals surface area contributed by atoms with E-state index in [9.17, 15) is 8.78 Å². The van der Waals surface area contributed by atoms with Gasteiger partial charge in [0, 0.05) is 29.1 Å². The van der Waals surface area contributed by atoms with Crippen LogP contribution in [-0.4, -0.2) is 22.6 Å². The molecule has 8 heteroatoms. The van der Waals surface area contributed by atoms with Gasteiger partial charge in [-0.2, -0.15) is 13.9 Å². The number of fused-ring (bicyclic) bond motifs is 1. The minimum Gasteiger partial charge on any atom is -0.293 e. The van der Waals surface area contributed by atoms with Crippen molar-refractivity contribution in [1.29, 1.82) is 0 Å². The minimum atomic E-state index is -3.53. The maximum absolute atomic E-state index is 15.3. The molecule has 27 heavy (non-hydrogen) atoms. The Morgan fingerprint density at radius 2 is 1.81 bits per heavy atom. The molecule has 0 bridgehead atoms. The average Bonchev–Trinajstić information content (AvgIpc) is 3.07. The number of hydrogen-bond acceptors (Lipinski definition) is 3. The molecule has 1 atom stereocenters. The van der Waals surface area contributed by atoms with E-state index in [1.165, 1.54) is 24.4 Å². The van der Waals surface area contributed by atoms with Gasteiger partial charge in [0.25, 0.3) is 0 Å². The Morgan fingerprint density at radius 3 is 2.48 bits per heavy atom. The van der Waals surface area contributed by atoms with Gasteiger partial charge in [-0.05, 0) is 37.3 Å². The lowest BCUT2D eigenvalue weighted by Gasteiger charge is -2.37. The van der Waals surface area contributed by atoms with Gasteiger partial charge in [0.15, 0.2) is 12.0 Å². The summed E-state index contributed by atoms with van der Waals surface area (Å²) in [6.45, 7) is 1.71. The van der Waals surface area contributed by atoms with E-state index in [1.54, 1.807) is 13.0 Å². The zero-order valence-corrected chi connectivity index (χ0v) is 14.1. The first kappa shape index (κ1) is 17.3. The summed E-state index contributed by atoms with van der Waals surface area (Å²) in [6, 6.07) is 9.68. The van der Waals surface area contributed by atoms with Gasteiger partial charge in [0.1, 0.15) is 11.6 Å². The molecule has 2 heterocycles. The number of halogens is 4. The molecule has 1 aromatic heterocycles. The number of benzene rings is 2. The molecule has 0 radical (unpaired) electrons. The Kier molecular flexibility index (Phi) is 3.98. The van der Waals surface area contributed by atoms with Gasteiger partial charge in [-0.3, -0.25) is 15.0 Å². The molecule has 2 aromatic carbocycles. The summed E-state index contributed by atoms with van der Waals surface area (Å²) in [6.07, 6.45) is -0.564. The van der Waals surface area contributed by atoms with Crippen LogP contribution in [-0.2, 0) is 5.92 Å². The van der Waals surface area contributed by atoms with Gasteiger partial charge >= 0.3 is 5.92 Å². The maximum Gasteiger partial charge on any atom is 0.313 e. The average molecular weight is 374 g/mol. The first-order valence-corrected chi connectivity index (χ1v) is 8.15. The number of alkyl halides is 2. The van der Waals surface area contributed by atoms with Crippen LogP contribution in [0.2, 0.25) is 0 Å². The Balaban J connectivity index is 1.88. The highest BCUT2D eigenvalue weighted by Crippen LogP contribution is 2.44. The number of aryl methyl sites for hydroxylation is 1. The summed E-state index contributed by atoms with van der Waals surface area (Å²) < 4.78 is 58.4. The summed E-state index contributed by atoms with van der Waals surface area (Å²) in [5.74, 6) is -4.71. The number of aromatic nitrogens is 2. The van der Waals surface area contributed by atoms with Crippen LogP contribution in [0.1, 0.15) is 16.8 Å². The van der Waals surface area contributed by atoms with Gasteiger partial charge < -0.3 is 0 Å². The highest BCUT2D eigenvalue weighted by molar-refractivity contribution is 5.92. The van der Waals surface area contributed by atoms with Crippen molar-refractivity contribution in [2.24, 2.45) is 4.99 Å². The van der Waals surface area contributed by atoms with Crippen molar-refractivity contribution in [3.8, 4) is 0 Å². The predicted molar refractivity (Wildman–Crippen MR) is 93.5 cm³/mol. The molecule has 4 rings (SSSR count). The van der Waals surface area contributed by atoms with Gasteiger partial charge in [-0.1, -0.05) is 12.1 Å². The van der Waals surface area contributed by atoms with Gasteiger partial charge in [-0.15, -0.1) is 0 Å². The minimum absolute atomic E-state index is 0.0363. The normalized spacial score (nSPS) is 16.5. The molecule has 0 amide bonds. The molecule has 1 aliphatic rings. The van der Waals surface area contributed by atoms with E-state index in [1.807, 2.05) is 0 Å². The number of rotatable bonds is 3. The molecule has 3 aromatic rings. The second-order valence-electron chi connectivity index (χ2n) is 6.24. The summed E-state index contributed by atoms with van der Waals surface area (Å²) >= 11 is 0. The van der Waals surface area contributed by atoms with Crippen molar-refractivity contribution in [2.75, 3.05) is 4.90 Å². The molecule has 0 saturated carbocycles. The zero-order chi connectivity index (χ0) is 19.2. The van der Waals surface area contributed by atoms with Crippen LogP contribution >= 0.6 is 0 Å². The fourth-order valence-electron chi connectivity index (χ4n) is 3.07. The van der Waals surface area contributed by atoms with Crippen LogP contribution in [0.25, 0.3) is 0 Å². The number of nitrogens with one attached hydrogen (secondary N) is 1. The second-order valence-corrected chi connectivity index (χ2v) is 6.24. The molecule has 138 valence electrons. The summed E-state index contributed by atoms with van der Waals surface area (Å²) in [4.78, 5) is 5.05. The quantitative estimate of drug-likeness (QED) is 0.677. The van der Waals surface area contributed by atoms with Crippen molar-refractivity contribution in [1.82, 2.24) is 10.2 Å². The number of nitrogens with zero attached hydrogens (tertiary/aromatic N) is 3. The maximum atomic E-state index is 15.3. The lowest BCUT2D eigenvalue weighted by molar-refractivity contribution is -0.0287. The van der Waals surface area contributed by atoms with Crippen molar-refractivity contribution in [3.05, 3.63) is 77.0 Å². The fraction of sp³-hybridized carbons (Fsp3) is 0.158. The van der Waals surface area contributed by atoms with Gasteiger partial charge in [0.2, 0.25) is 0 Å². The van der Waals surface area contributed by atoms with Crippen LogP contribution in [0.4, 0.5) is 29.1 Å². The summed E-state index contributed by atoms with van der Waals surface area (Å²) in [5, 5.41) is 6.69. The molecular weight excluding hydrogens is 360 g/mol. The van der Waals surface area contributed by atoms with E-state index >= 15 is 8.78 Å². The van der Waals surface area contributed by atoms with E-state index in [-0.39, 0.29) is 11.5 Å². The molecule has 1 unspecified atom stereocenters. The molecule has 1 N–H and O–H groups in total. The van der Waals surface area contributed by atoms with E-state index < -0.39 is 29.3 Å². The zero-order valence-electron chi connectivity index (χ0n) is 14.1. The highest BCUT2D eigenvalue weighted by Gasteiger charge is 2.48. The summed E-state index contributed by atoms with van der Waals surface area (Å²) in [7, 11) is 0. The molecule has 1 aliphatic heterocycles.